The van der Waals surface area contributed by atoms with Crippen molar-refractivity contribution in [2.24, 2.45) is 5.73 Å². The monoisotopic (exact) mass is 297 g/mol. The number of hydrazine groups is 1. The molecule has 114 valence electrons. The third kappa shape index (κ3) is 4.05. The molecule has 6 nitrogen and oxygen atoms in total. The Labute approximate surface area is 129 Å². The normalized spacial score (nSPS) is 10.0. The molecule has 2 rings (SSSR count). The Morgan fingerprint density at radius 2 is 2.05 bits per heavy atom. The number of benzene rings is 1. The van der Waals surface area contributed by atoms with Gasteiger partial charge in [-0.2, -0.15) is 0 Å². The summed E-state index contributed by atoms with van der Waals surface area (Å²) in [5.41, 5.74) is 13.0. The van der Waals surface area contributed by atoms with Gasteiger partial charge >= 0.3 is 6.03 Å². The van der Waals surface area contributed by atoms with E-state index < -0.39 is 6.03 Å². The molecule has 0 aliphatic heterocycles. The van der Waals surface area contributed by atoms with Crippen molar-refractivity contribution in [3.05, 3.63) is 65.6 Å². The van der Waals surface area contributed by atoms with Gasteiger partial charge in [-0.1, -0.05) is 36.4 Å². The Bertz CT molecular complexity index is 670. The van der Waals surface area contributed by atoms with Gasteiger partial charge in [0, 0.05) is 17.7 Å². The number of primary amides is 1. The summed E-state index contributed by atoms with van der Waals surface area (Å²) in [5.74, 6) is 1.21. The fourth-order valence-corrected chi connectivity index (χ4v) is 2.12. The molecule has 4 N–H and O–H groups in total. The lowest BCUT2D eigenvalue weighted by Gasteiger charge is -2.14. The zero-order valence-corrected chi connectivity index (χ0v) is 12.5. The van der Waals surface area contributed by atoms with E-state index in [0.29, 0.717) is 24.5 Å². The van der Waals surface area contributed by atoms with Gasteiger partial charge in [0.1, 0.15) is 5.82 Å². The van der Waals surface area contributed by atoms with Gasteiger partial charge in [-0.05, 0) is 18.9 Å². The van der Waals surface area contributed by atoms with E-state index in [1.165, 1.54) is 0 Å². The Hall–Kier alpha value is -2.89. The first-order chi connectivity index (χ1) is 10.6. The zero-order valence-electron chi connectivity index (χ0n) is 12.5. The van der Waals surface area contributed by atoms with Crippen LogP contribution in [0.5, 0.6) is 0 Å². The highest BCUT2D eigenvalue weighted by atomic mass is 16.2. The molecule has 0 atom stereocenters. The quantitative estimate of drug-likeness (QED) is 0.562. The molecule has 0 aliphatic rings. The molecule has 0 spiro atoms. The van der Waals surface area contributed by atoms with Gasteiger partial charge in [0.05, 0.1) is 0 Å². The number of carbonyl (C=O) groups excluding carboxylic acids is 1. The lowest BCUT2D eigenvalue weighted by atomic mass is 10.1. The fraction of sp³-hybridized carbons (Fsp3) is 0.188. The summed E-state index contributed by atoms with van der Waals surface area (Å²) >= 11 is 0. The second-order valence-electron chi connectivity index (χ2n) is 4.82. The molecule has 1 aromatic heterocycles. The molecule has 6 heteroatoms. The Morgan fingerprint density at radius 3 is 2.68 bits per heavy atom. The van der Waals surface area contributed by atoms with Gasteiger partial charge in [-0.3, -0.25) is 10.9 Å². The summed E-state index contributed by atoms with van der Waals surface area (Å²) in [4.78, 5) is 19.9. The van der Waals surface area contributed by atoms with Crippen molar-refractivity contribution < 1.29 is 4.79 Å². The van der Waals surface area contributed by atoms with Gasteiger partial charge in [0.2, 0.25) is 0 Å². The Morgan fingerprint density at radius 1 is 1.32 bits per heavy atom. The molecule has 2 aromatic rings. The molecule has 0 aliphatic carbocycles. The average Bonchev–Trinajstić information content (AvgIpc) is 2.49. The van der Waals surface area contributed by atoms with Crippen LogP contribution in [0.25, 0.3) is 0 Å². The van der Waals surface area contributed by atoms with Gasteiger partial charge in [-0.15, -0.1) is 6.58 Å². The largest absolute Gasteiger partial charge is 0.350 e. The van der Waals surface area contributed by atoms with E-state index in [1.54, 1.807) is 6.08 Å². The van der Waals surface area contributed by atoms with Crippen molar-refractivity contribution in [3.8, 4) is 0 Å². The molecule has 1 aromatic carbocycles. The smallest absolute Gasteiger partial charge is 0.330 e. The molecule has 0 saturated heterocycles. The number of carbonyl (C=O) groups is 1. The van der Waals surface area contributed by atoms with E-state index >= 15 is 0 Å². The number of allylic oxidation sites excluding steroid dienone is 1. The molecule has 0 bridgehead atoms. The van der Waals surface area contributed by atoms with E-state index in [2.05, 4.69) is 27.4 Å². The summed E-state index contributed by atoms with van der Waals surface area (Å²) in [6.45, 7) is 5.64. The van der Waals surface area contributed by atoms with Crippen molar-refractivity contribution in [3.63, 3.8) is 0 Å². The molecule has 22 heavy (non-hydrogen) atoms. The van der Waals surface area contributed by atoms with Crippen LogP contribution in [0.15, 0.2) is 43.0 Å². The highest BCUT2D eigenvalue weighted by Crippen LogP contribution is 2.18. The molecular formula is C16H19N5O. The third-order valence-corrected chi connectivity index (χ3v) is 3.12. The summed E-state index contributed by atoms with van der Waals surface area (Å²) < 4.78 is 0. The average molecular weight is 297 g/mol. The van der Waals surface area contributed by atoms with Crippen LogP contribution >= 0.6 is 0 Å². The molecule has 0 unspecified atom stereocenters. The molecule has 0 saturated carbocycles. The van der Waals surface area contributed by atoms with E-state index in [1.807, 2.05) is 37.3 Å². The maximum absolute atomic E-state index is 10.9. The van der Waals surface area contributed by atoms with Crippen LogP contribution < -0.4 is 16.6 Å². The van der Waals surface area contributed by atoms with Crippen molar-refractivity contribution in [2.45, 2.75) is 19.8 Å². The number of nitrogens with one attached hydrogen (secondary N) is 2. The third-order valence-electron chi connectivity index (χ3n) is 3.12. The summed E-state index contributed by atoms with van der Waals surface area (Å²) in [7, 11) is 0. The van der Waals surface area contributed by atoms with Crippen LogP contribution in [0.2, 0.25) is 0 Å². The van der Waals surface area contributed by atoms with Crippen molar-refractivity contribution in [2.75, 3.05) is 5.43 Å². The predicted octanol–water partition coefficient (Wildman–Crippen LogP) is 2.10. The first-order valence-corrected chi connectivity index (χ1v) is 6.93. The van der Waals surface area contributed by atoms with Gasteiger partial charge in [0.25, 0.3) is 0 Å². The number of urea groups is 1. The number of nitrogens with two attached hydrogens (primary N) is 1. The second kappa shape index (κ2) is 7.21. The predicted molar refractivity (Wildman–Crippen MR) is 86.3 cm³/mol. The maximum Gasteiger partial charge on any atom is 0.330 e. The van der Waals surface area contributed by atoms with Crippen LogP contribution in [-0.4, -0.2) is 16.0 Å². The number of rotatable bonds is 6. The van der Waals surface area contributed by atoms with Crippen LogP contribution in [0, 0.1) is 6.92 Å². The summed E-state index contributed by atoms with van der Waals surface area (Å²) in [5, 5.41) is 0. The van der Waals surface area contributed by atoms with Crippen LogP contribution in [0.1, 0.15) is 22.6 Å². The Kier molecular flexibility index (Phi) is 5.08. The van der Waals surface area contributed by atoms with Gasteiger partial charge < -0.3 is 5.73 Å². The fourth-order valence-electron chi connectivity index (χ4n) is 2.12. The molecule has 0 fully saturated rings. The molecule has 1 heterocycles. The molecular weight excluding hydrogens is 278 g/mol. The van der Waals surface area contributed by atoms with Crippen LogP contribution in [0.3, 0.4) is 0 Å². The second-order valence-corrected chi connectivity index (χ2v) is 4.82. The summed E-state index contributed by atoms with van der Waals surface area (Å²) in [6, 6.07) is 9.28. The molecule has 2 amide bonds. The van der Waals surface area contributed by atoms with Crippen LogP contribution in [-0.2, 0) is 12.8 Å². The number of nitrogens with zero attached hydrogens (tertiary/aromatic N) is 2. The summed E-state index contributed by atoms with van der Waals surface area (Å²) in [6.07, 6.45) is 2.97. The number of aromatic nitrogens is 2. The van der Waals surface area contributed by atoms with Crippen LogP contribution in [0.4, 0.5) is 10.6 Å². The molecule has 0 radical (unpaired) electrons. The topological polar surface area (TPSA) is 92.9 Å². The highest BCUT2D eigenvalue weighted by Gasteiger charge is 2.11. The van der Waals surface area contributed by atoms with E-state index in [4.69, 9.17) is 5.73 Å². The maximum atomic E-state index is 10.9. The first-order valence-electron chi connectivity index (χ1n) is 6.93. The number of anilines is 1. The number of hydrogen-bond donors (Lipinski definition) is 3. The lowest BCUT2D eigenvalue weighted by molar-refractivity contribution is 0.250. The zero-order chi connectivity index (χ0) is 15.9. The van der Waals surface area contributed by atoms with Gasteiger partial charge in [0.15, 0.2) is 5.82 Å². The lowest BCUT2D eigenvalue weighted by Crippen LogP contribution is -2.35. The standard InChI is InChI=1S/C16H19N5O/c1-3-7-13-11(2)18-14(10-12-8-5-4-6-9-12)19-15(13)20-21-16(17)22/h3-6,8-9H,1,7,10H2,2H3,(H3,17,21,22)(H,18,19,20). The first kappa shape index (κ1) is 15.5. The van der Waals surface area contributed by atoms with Crippen molar-refractivity contribution in [1.82, 2.24) is 15.4 Å². The Balaban J connectivity index is 2.31. The number of amides is 2. The van der Waals surface area contributed by atoms with E-state index in [9.17, 15) is 4.79 Å². The van der Waals surface area contributed by atoms with E-state index in [-0.39, 0.29) is 0 Å². The number of hydrogen-bond acceptors (Lipinski definition) is 4. The minimum Gasteiger partial charge on any atom is -0.350 e. The van der Waals surface area contributed by atoms with Crippen molar-refractivity contribution >= 4 is 11.8 Å². The number of aryl methyl sites for hydroxylation is 1. The van der Waals surface area contributed by atoms with Gasteiger partial charge in [-0.25, -0.2) is 14.8 Å². The minimum atomic E-state index is -0.676. The highest BCUT2D eigenvalue weighted by molar-refractivity contribution is 5.73. The van der Waals surface area contributed by atoms with Crippen molar-refractivity contribution in [1.29, 1.82) is 0 Å². The SMILES string of the molecule is C=CCc1c(C)nc(Cc2ccccc2)nc1NNC(N)=O. The van der Waals surface area contributed by atoms with E-state index in [0.717, 1.165) is 16.8 Å². The minimum absolute atomic E-state index is 0.539.